The first-order valence-electron chi connectivity index (χ1n) is 6.28. The molecule has 1 aromatic carbocycles. The smallest absolute Gasteiger partial charge is 0.189 e. The van der Waals surface area contributed by atoms with Crippen LogP contribution in [0.4, 0.5) is 10.8 Å². The van der Waals surface area contributed by atoms with E-state index in [1.54, 1.807) is 18.4 Å². The Morgan fingerprint density at radius 2 is 2.16 bits per heavy atom. The molecule has 1 heterocycles. The van der Waals surface area contributed by atoms with E-state index in [2.05, 4.69) is 22.1 Å². The minimum absolute atomic E-state index is 0.855. The van der Waals surface area contributed by atoms with Crippen LogP contribution in [-0.4, -0.2) is 25.7 Å². The maximum absolute atomic E-state index is 5.38. The van der Waals surface area contributed by atoms with Gasteiger partial charge in [0.05, 0.1) is 12.8 Å². The van der Waals surface area contributed by atoms with Crippen LogP contribution in [0, 0.1) is 0 Å². The maximum atomic E-state index is 5.38. The third-order valence-electron chi connectivity index (χ3n) is 2.82. The van der Waals surface area contributed by atoms with Crippen molar-refractivity contribution in [3.05, 3.63) is 35.3 Å². The van der Waals surface area contributed by atoms with Gasteiger partial charge in [-0.15, -0.1) is 11.3 Å². The minimum atomic E-state index is 0.855. The van der Waals surface area contributed by atoms with Gasteiger partial charge in [-0.2, -0.15) is 0 Å². The Balaban J connectivity index is 2.18. The molecule has 0 unspecified atom stereocenters. The van der Waals surface area contributed by atoms with E-state index in [1.165, 1.54) is 4.88 Å². The molecule has 0 spiro atoms. The zero-order chi connectivity index (χ0) is 13.7. The summed E-state index contributed by atoms with van der Waals surface area (Å²) in [5.41, 5.74) is 1.02. The minimum Gasteiger partial charge on any atom is -0.495 e. The molecule has 0 saturated carbocycles. The van der Waals surface area contributed by atoms with Crippen molar-refractivity contribution in [1.29, 1.82) is 0 Å². The first-order valence-corrected chi connectivity index (χ1v) is 7.10. The van der Waals surface area contributed by atoms with Gasteiger partial charge in [0.25, 0.3) is 0 Å². The standard InChI is InChI=1S/C14H19N3OS/c1-4-15-9-11-10-16-14(19-11)17(2)12-7-5-6-8-13(12)18-3/h5-8,10,15H,4,9H2,1-3H3. The zero-order valence-electron chi connectivity index (χ0n) is 11.5. The van der Waals surface area contributed by atoms with Gasteiger partial charge >= 0.3 is 0 Å². The fourth-order valence-corrected chi connectivity index (χ4v) is 2.65. The normalized spacial score (nSPS) is 10.5. The second-order valence-electron chi connectivity index (χ2n) is 4.12. The highest BCUT2D eigenvalue weighted by Gasteiger charge is 2.12. The molecule has 0 bridgehead atoms. The first-order chi connectivity index (χ1) is 9.26. The first kappa shape index (κ1) is 13.8. The van der Waals surface area contributed by atoms with Crippen LogP contribution in [0.1, 0.15) is 11.8 Å². The Morgan fingerprint density at radius 1 is 1.37 bits per heavy atom. The lowest BCUT2D eigenvalue weighted by Crippen LogP contribution is -2.10. The van der Waals surface area contributed by atoms with Crippen molar-refractivity contribution < 1.29 is 4.74 Å². The van der Waals surface area contributed by atoms with Crippen LogP contribution in [0.3, 0.4) is 0 Å². The average Bonchev–Trinajstić information content (AvgIpc) is 2.93. The van der Waals surface area contributed by atoms with Crippen LogP contribution < -0.4 is 15.0 Å². The number of hydrogen-bond donors (Lipinski definition) is 1. The SMILES string of the molecule is CCNCc1cnc(N(C)c2ccccc2OC)s1. The summed E-state index contributed by atoms with van der Waals surface area (Å²) in [6, 6.07) is 7.96. The highest BCUT2D eigenvalue weighted by molar-refractivity contribution is 7.15. The number of hydrogen-bond acceptors (Lipinski definition) is 5. The lowest BCUT2D eigenvalue weighted by molar-refractivity contribution is 0.415. The van der Waals surface area contributed by atoms with E-state index in [4.69, 9.17) is 4.74 Å². The van der Waals surface area contributed by atoms with Crippen LogP contribution in [0.15, 0.2) is 30.5 Å². The second-order valence-corrected chi connectivity index (χ2v) is 5.21. The van der Waals surface area contributed by atoms with Gasteiger partial charge in [-0.1, -0.05) is 19.1 Å². The number of rotatable bonds is 6. The maximum Gasteiger partial charge on any atom is 0.189 e. The van der Waals surface area contributed by atoms with Crippen LogP contribution in [0.5, 0.6) is 5.75 Å². The summed E-state index contributed by atoms with van der Waals surface area (Å²) in [4.78, 5) is 7.76. The van der Waals surface area contributed by atoms with Gasteiger partial charge in [0.1, 0.15) is 5.75 Å². The van der Waals surface area contributed by atoms with Gasteiger partial charge in [0.15, 0.2) is 5.13 Å². The number of anilines is 2. The molecule has 1 aromatic heterocycles. The Labute approximate surface area is 118 Å². The summed E-state index contributed by atoms with van der Waals surface area (Å²) in [6.07, 6.45) is 1.93. The molecule has 102 valence electrons. The van der Waals surface area contributed by atoms with Crippen molar-refractivity contribution in [2.24, 2.45) is 0 Å². The summed E-state index contributed by atoms with van der Waals surface area (Å²) >= 11 is 1.69. The molecule has 0 aliphatic rings. The molecule has 1 N–H and O–H groups in total. The van der Waals surface area contributed by atoms with E-state index in [-0.39, 0.29) is 0 Å². The number of ether oxygens (including phenoxy) is 1. The Hall–Kier alpha value is -1.59. The van der Waals surface area contributed by atoms with Gasteiger partial charge in [-0.25, -0.2) is 4.98 Å². The number of methoxy groups -OCH3 is 1. The number of aromatic nitrogens is 1. The topological polar surface area (TPSA) is 37.4 Å². The molecule has 0 saturated heterocycles. The predicted octanol–water partition coefficient (Wildman–Crippen LogP) is 3.03. The Morgan fingerprint density at radius 3 is 2.89 bits per heavy atom. The van der Waals surface area contributed by atoms with E-state index in [0.717, 1.165) is 29.7 Å². The molecule has 0 aliphatic carbocycles. The van der Waals surface area contributed by atoms with Gasteiger partial charge < -0.3 is 15.0 Å². The van der Waals surface area contributed by atoms with E-state index in [1.807, 2.05) is 37.5 Å². The van der Waals surface area contributed by atoms with Crippen molar-refractivity contribution in [2.45, 2.75) is 13.5 Å². The molecule has 19 heavy (non-hydrogen) atoms. The third-order valence-corrected chi connectivity index (χ3v) is 3.90. The Bertz CT molecular complexity index is 527. The molecule has 0 amide bonds. The van der Waals surface area contributed by atoms with Gasteiger partial charge in [-0.05, 0) is 18.7 Å². The lowest BCUT2D eigenvalue weighted by Gasteiger charge is -2.18. The molecule has 0 atom stereocenters. The monoisotopic (exact) mass is 277 g/mol. The quantitative estimate of drug-likeness (QED) is 0.880. The molecular weight excluding hydrogens is 258 g/mol. The molecular formula is C14H19N3OS. The van der Waals surface area contributed by atoms with Gasteiger partial charge in [0.2, 0.25) is 0 Å². The molecule has 5 heteroatoms. The van der Waals surface area contributed by atoms with Crippen LogP contribution >= 0.6 is 11.3 Å². The van der Waals surface area contributed by atoms with E-state index in [9.17, 15) is 0 Å². The van der Waals surface area contributed by atoms with E-state index in [0.29, 0.717) is 0 Å². The fraction of sp³-hybridized carbons (Fsp3) is 0.357. The summed E-state index contributed by atoms with van der Waals surface area (Å²) in [5.74, 6) is 0.855. The number of nitrogens with one attached hydrogen (secondary N) is 1. The van der Waals surface area contributed by atoms with Crippen molar-refractivity contribution in [3.63, 3.8) is 0 Å². The third kappa shape index (κ3) is 3.24. The molecule has 0 fully saturated rings. The highest BCUT2D eigenvalue weighted by atomic mass is 32.1. The van der Waals surface area contributed by atoms with Crippen molar-refractivity contribution in [1.82, 2.24) is 10.3 Å². The largest absolute Gasteiger partial charge is 0.495 e. The molecule has 2 aromatic rings. The van der Waals surface area contributed by atoms with Gasteiger partial charge in [-0.3, -0.25) is 0 Å². The number of para-hydroxylation sites is 2. The zero-order valence-corrected chi connectivity index (χ0v) is 12.3. The number of thiazole rings is 1. The molecule has 0 radical (unpaired) electrons. The average molecular weight is 277 g/mol. The second kappa shape index (κ2) is 6.54. The molecule has 2 rings (SSSR count). The predicted molar refractivity (Wildman–Crippen MR) is 80.6 cm³/mol. The van der Waals surface area contributed by atoms with Crippen LogP contribution in [-0.2, 0) is 6.54 Å². The van der Waals surface area contributed by atoms with Crippen molar-refractivity contribution in [2.75, 3.05) is 25.6 Å². The van der Waals surface area contributed by atoms with Gasteiger partial charge in [0, 0.05) is 24.7 Å². The molecule has 0 aliphatic heterocycles. The number of benzene rings is 1. The van der Waals surface area contributed by atoms with Crippen molar-refractivity contribution in [3.8, 4) is 5.75 Å². The number of nitrogens with zero attached hydrogens (tertiary/aromatic N) is 2. The van der Waals surface area contributed by atoms with E-state index >= 15 is 0 Å². The summed E-state index contributed by atoms with van der Waals surface area (Å²) in [7, 11) is 3.69. The summed E-state index contributed by atoms with van der Waals surface area (Å²) < 4.78 is 5.38. The fourth-order valence-electron chi connectivity index (χ4n) is 1.79. The van der Waals surface area contributed by atoms with Crippen LogP contribution in [0.25, 0.3) is 0 Å². The molecule has 4 nitrogen and oxygen atoms in total. The summed E-state index contributed by atoms with van der Waals surface area (Å²) in [5, 5.41) is 4.28. The highest BCUT2D eigenvalue weighted by Crippen LogP contribution is 2.34. The van der Waals surface area contributed by atoms with Crippen LogP contribution in [0.2, 0.25) is 0 Å². The van der Waals surface area contributed by atoms with E-state index < -0.39 is 0 Å². The lowest BCUT2D eigenvalue weighted by atomic mass is 10.3. The summed E-state index contributed by atoms with van der Waals surface area (Å²) in [6.45, 7) is 3.94. The Kier molecular flexibility index (Phi) is 4.76. The van der Waals surface area contributed by atoms with Crippen molar-refractivity contribution >= 4 is 22.2 Å².